The van der Waals surface area contributed by atoms with Gasteiger partial charge < -0.3 is 14.6 Å². The lowest BCUT2D eigenvalue weighted by molar-refractivity contribution is 0.0769. The Kier molecular flexibility index (Phi) is 5.51. The molecule has 1 unspecified atom stereocenters. The number of ether oxygens (including phenoxy) is 1. The van der Waals surface area contributed by atoms with Crippen molar-refractivity contribution in [3.05, 3.63) is 98.2 Å². The second-order valence-electron chi connectivity index (χ2n) is 8.23. The Morgan fingerprint density at radius 3 is 2.53 bits per heavy atom. The first-order valence-electron chi connectivity index (χ1n) is 10.9. The molecule has 1 aliphatic rings. The van der Waals surface area contributed by atoms with Crippen LogP contribution < -0.4 is 16.4 Å². The molecule has 0 radical (unpaired) electrons. The summed E-state index contributed by atoms with van der Waals surface area (Å²) in [5, 5.41) is 7.11. The Balaban J connectivity index is 1.54. The third-order valence-corrected chi connectivity index (χ3v) is 6.15. The molecule has 0 bridgehead atoms. The van der Waals surface area contributed by atoms with Gasteiger partial charge in [-0.3, -0.25) is 14.7 Å². The van der Waals surface area contributed by atoms with E-state index in [1.54, 1.807) is 4.57 Å². The summed E-state index contributed by atoms with van der Waals surface area (Å²) < 4.78 is 8.77. The first-order valence-corrected chi connectivity index (χ1v) is 10.9. The fraction of sp³-hybridized carbons (Fsp3) is 0.280. The molecule has 1 saturated heterocycles. The Hall–Kier alpha value is -3.42. The van der Waals surface area contributed by atoms with E-state index in [2.05, 4.69) is 22.5 Å². The Morgan fingerprint density at radius 2 is 1.78 bits per heavy atom. The number of aromatic amines is 1. The maximum absolute atomic E-state index is 13.2. The van der Waals surface area contributed by atoms with Crippen LogP contribution >= 0.6 is 0 Å². The fourth-order valence-corrected chi connectivity index (χ4v) is 4.46. The second kappa shape index (κ2) is 8.61. The van der Waals surface area contributed by atoms with Crippen LogP contribution in [0.4, 0.5) is 0 Å². The van der Waals surface area contributed by atoms with E-state index < -0.39 is 0 Å². The van der Waals surface area contributed by atoms with E-state index in [1.165, 1.54) is 16.3 Å². The van der Waals surface area contributed by atoms with Crippen LogP contribution in [-0.4, -0.2) is 40.1 Å². The van der Waals surface area contributed by atoms with Gasteiger partial charge in [0.05, 0.1) is 36.3 Å². The molecule has 1 atom stereocenters. The van der Waals surface area contributed by atoms with Crippen molar-refractivity contribution in [2.24, 2.45) is 0 Å². The van der Waals surface area contributed by atoms with E-state index >= 15 is 0 Å². The van der Waals surface area contributed by atoms with Crippen molar-refractivity contribution in [2.75, 3.05) is 19.8 Å². The number of nitrogens with zero attached hydrogens (tertiary/aromatic N) is 2. The number of aryl methyl sites for hydroxylation is 1. The summed E-state index contributed by atoms with van der Waals surface area (Å²) in [6.07, 6.45) is 0.831. The summed E-state index contributed by atoms with van der Waals surface area (Å²) in [5.74, 6) is 0. The standard InChI is InChI=1S/C25H26N4O3/c1-17-24-22(27-29(25(24)31)21-9-3-2-4-10-21)14-23(30)28(17)15-19-8-6-5-7-18(19)13-20-16-32-12-11-26-20/h2-10,14,20,26-27H,11-13,15-16H2,1H3. The lowest BCUT2D eigenvalue weighted by atomic mass is 9.99. The number of hydrogen-bond acceptors (Lipinski definition) is 4. The summed E-state index contributed by atoms with van der Waals surface area (Å²) in [7, 11) is 0. The van der Waals surface area contributed by atoms with Crippen molar-refractivity contribution < 1.29 is 4.74 Å². The largest absolute Gasteiger partial charge is 0.379 e. The topological polar surface area (TPSA) is 81.0 Å². The number of nitrogens with one attached hydrogen (secondary N) is 2. The molecule has 7 heteroatoms. The molecule has 1 fully saturated rings. The number of H-pyrrole nitrogens is 1. The van der Waals surface area contributed by atoms with Crippen molar-refractivity contribution in [1.82, 2.24) is 19.7 Å². The number of para-hydroxylation sites is 1. The molecular formula is C25H26N4O3. The van der Waals surface area contributed by atoms with Crippen LogP contribution in [-0.2, 0) is 17.7 Å². The molecule has 1 aliphatic heterocycles. The van der Waals surface area contributed by atoms with Crippen molar-refractivity contribution in [1.29, 1.82) is 0 Å². The van der Waals surface area contributed by atoms with E-state index in [0.29, 0.717) is 29.7 Å². The average molecular weight is 431 g/mol. The van der Waals surface area contributed by atoms with Crippen molar-refractivity contribution in [3.8, 4) is 5.69 Å². The van der Waals surface area contributed by atoms with Gasteiger partial charge in [-0.25, -0.2) is 4.68 Å². The van der Waals surface area contributed by atoms with Gasteiger partial charge in [0.25, 0.3) is 11.1 Å². The molecule has 5 rings (SSSR count). The van der Waals surface area contributed by atoms with E-state index in [0.717, 1.165) is 30.8 Å². The van der Waals surface area contributed by atoms with Gasteiger partial charge in [-0.15, -0.1) is 0 Å². The summed E-state index contributed by atoms with van der Waals surface area (Å²) in [5.41, 5.74) is 3.91. The molecule has 32 heavy (non-hydrogen) atoms. The number of rotatable bonds is 5. The van der Waals surface area contributed by atoms with E-state index in [-0.39, 0.29) is 17.2 Å². The lowest BCUT2D eigenvalue weighted by Crippen LogP contribution is -2.42. The number of benzene rings is 2. The normalized spacial score (nSPS) is 16.5. The monoisotopic (exact) mass is 430 g/mol. The molecule has 4 aromatic rings. The van der Waals surface area contributed by atoms with Crippen LogP contribution in [0.15, 0.2) is 70.3 Å². The van der Waals surface area contributed by atoms with Crippen LogP contribution in [0, 0.1) is 6.92 Å². The van der Waals surface area contributed by atoms with Crippen LogP contribution in [0.3, 0.4) is 0 Å². The molecule has 2 aromatic heterocycles. The number of hydrogen-bond donors (Lipinski definition) is 2. The molecule has 164 valence electrons. The maximum atomic E-state index is 13.2. The first kappa shape index (κ1) is 20.5. The van der Waals surface area contributed by atoms with Gasteiger partial charge in [-0.1, -0.05) is 42.5 Å². The summed E-state index contributed by atoms with van der Waals surface area (Å²) in [6.45, 7) is 4.53. The average Bonchev–Trinajstić information content (AvgIpc) is 3.15. The third-order valence-electron chi connectivity index (χ3n) is 6.15. The highest BCUT2D eigenvalue weighted by Crippen LogP contribution is 2.17. The Labute approximate surface area is 185 Å². The minimum Gasteiger partial charge on any atom is -0.379 e. The molecule has 0 spiro atoms. The number of pyridine rings is 1. The molecule has 7 nitrogen and oxygen atoms in total. The van der Waals surface area contributed by atoms with Gasteiger partial charge in [0, 0.05) is 24.3 Å². The maximum Gasteiger partial charge on any atom is 0.280 e. The molecule has 0 saturated carbocycles. The first-order chi connectivity index (χ1) is 15.6. The van der Waals surface area contributed by atoms with Gasteiger partial charge in [0.2, 0.25) is 0 Å². The highest BCUT2D eigenvalue weighted by atomic mass is 16.5. The van der Waals surface area contributed by atoms with Crippen LogP contribution in [0.5, 0.6) is 0 Å². The highest BCUT2D eigenvalue weighted by Gasteiger charge is 2.18. The van der Waals surface area contributed by atoms with Crippen LogP contribution in [0.1, 0.15) is 16.8 Å². The molecule has 3 heterocycles. The van der Waals surface area contributed by atoms with Crippen molar-refractivity contribution in [2.45, 2.75) is 25.9 Å². The van der Waals surface area contributed by atoms with Gasteiger partial charge in [-0.2, -0.15) is 0 Å². The van der Waals surface area contributed by atoms with Crippen LogP contribution in [0.2, 0.25) is 0 Å². The minimum absolute atomic E-state index is 0.134. The number of aromatic nitrogens is 3. The zero-order valence-electron chi connectivity index (χ0n) is 18.0. The SMILES string of the molecule is Cc1c2c(=O)n(-c3ccccc3)[nH]c2cc(=O)n1Cc1ccccc1CC1COCCN1. The fourth-order valence-electron chi connectivity index (χ4n) is 4.46. The van der Waals surface area contributed by atoms with Crippen molar-refractivity contribution in [3.63, 3.8) is 0 Å². The minimum atomic E-state index is -0.158. The van der Waals surface area contributed by atoms with Gasteiger partial charge in [0.15, 0.2) is 0 Å². The van der Waals surface area contributed by atoms with Crippen molar-refractivity contribution >= 4 is 10.9 Å². The predicted molar refractivity (Wildman–Crippen MR) is 125 cm³/mol. The smallest absolute Gasteiger partial charge is 0.280 e. The second-order valence-corrected chi connectivity index (χ2v) is 8.23. The summed E-state index contributed by atoms with van der Waals surface area (Å²) in [6, 6.07) is 19.3. The molecule has 0 amide bonds. The van der Waals surface area contributed by atoms with Gasteiger partial charge in [-0.05, 0) is 36.6 Å². The van der Waals surface area contributed by atoms with E-state index in [9.17, 15) is 9.59 Å². The number of morpholine rings is 1. The third kappa shape index (κ3) is 3.81. The summed E-state index contributed by atoms with van der Waals surface area (Å²) >= 11 is 0. The molecule has 2 aromatic carbocycles. The molecular weight excluding hydrogens is 404 g/mol. The van der Waals surface area contributed by atoms with E-state index in [4.69, 9.17) is 4.74 Å². The Bertz CT molecular complexity index is 1360. The summed E-state index contributed by atoms with van der Waals surface area (Å²) in [4.78, 5) is 26.2. The van der Waals surface area contributed by atoms with Gasteiger partial charge in [0.1, 0.15) is 0 Å². The predicted octanol–water partition coefficient (Wildman–Crippen LogP) is 2.37. The molecule has 2 N–H and O–H groups in total. The lowest BCUT2D eigenvalue weighted by Gasteiger charge is -2.25. The molecule has 0 aliphatic carbocycles. The highest BCUT2D eigenvalue weighted by molar-refractivity contribution is 5.80. The number of fused-ring (bicyclic) bond motifs is 1. The quantitative estimate of drug-likeness (QED) is 0.509. The Morgan fingerprint density at radius 1 is 1.03 bits per heavy atom. The zero-order chi connectivity index (χ0) is 22.1. The zero-order valence-corrected chi connectivity index (χ0v) is 18.0. The van der Waals surface area contributed by atoms with Crippen LogP contribution in [0.25, 0.3) is 16.6 Å². The van der Waals surface area contributed by atoms with E-state index in [1.807, 2.05) is 49.4 Å². The van der Waals surface area contributed by atoms with Gasteiger partial charge >= 0.3 is 0 Å².